The van der Waals surface area contributed by atoms with Gasteiger partial charge in [0.05, 0.1) is 29.4 Å². The quantitative estimate of drug-likeness (QED) is 0.400. The van der Waals surface area contributed by atoms with Crippen LogP contribution in [0.25, 0.3) is 0 Å². The van der Waals surface area contributed by atoms with Gasteiger partial charge in [-0.3, -0.25) is 10.1 Å². The Morgan fingerprint density at radius 3 is 2.03 bits per heavy atom. The molecule has 0 aromatic heterocycles. The van der Waals surface area contributed by atoms with Crippen LogP contribution in [0.1, 0.15) is 48.1 Å². The topological polar surface area (TPSA) is 79.5 Å². The number of amides is 3. The molecule has 3 amide bonds. The zero-order chi connectivity index (χ0) is 26.4. The van der Waals surface area contributed by atoms with Gasteiger partial charge in [0.15, 0.2) is 0 Å². The highest BCUT2D eigenvalue weighted by atomic mass is 19.4. The predicted octanol–water partition coefficient (Wildman–Crippen LogP) is 4.66. The molecule has 2 saturated heterocycles. The predicted molar refractivity (Wildman–Crippen MR) is 116 cm³/mol. The van der Waals surface area contributed by atoms with E-state index in [1.54, 1.807) is 30.3 Å². The van der Waals surface area contributed by atoms with Crippen molar-refractivity contribution in [2.45, 2.75) is 49.3 Å². The van der Waals surface area contributed by atoms with Gasteiger partial charge in [0, 0.05) is 6.54 Å². The van der Waals surface area contributed by atoms with Crippen molar-refractivity contribution in [1.82, 2.24) is 16.0 Å². The van der Waals surface area contributed by atoms with Crippen LogP contribution >= 0.6 is 0 Å². The van der Waals surface area contributed by atoms with E-state index in [-0.39, 0.29) is 31.2 Å². The van der Waals surface area contributed by atoms with Gasteiger partial charge in [-0.25, -0.2) is 4.79 Å². The molecule has 194 valence electrons. The van der Waals surface area contributed by atoms with Crippen molar-refractivity contribution in [2.24, 2.45) is 0 Å². The van der Waals surface area contributed by atoms with Crippen molar-refractivity contribution >= 4 is 11.9 Å². The smallest absolute Gasteiger partial charge is 0.372 e. The third kappa shape index (κ3) is 5.05. The highest BCUT2D eigenvalue weighted by molar-refractivity contribution is 6.07. The Labute approximate surface area is 202 Å². The molecule has 3 atom stereocenters. The molecule has 12 heteroatoms. The summed E-state index contributed by atoms with van der Waals surface area (Å²) in [7, 11) is 0. The molecular weight excluding hydrogens is 492 g/mol. The summed E-state index contributed by atoms with van der Waals surface area (Å²) >= 11 is 0. The van der Waals surface area contributed by atoms with Crippen molar-refractivity contribution < 1.29 is 40.7 Å². The normalized spacial score (nSPS) is 25.5. The molecule has 2 aromatic carbocycles. The molecule has 36 heavy (non-hydrogen) atoms. The van der Waals surface area contributed by atoms with Crippen molar-refractivity contribution in [3.05, 3.63) is 70.8 Å². The van der Waals surface area contributed by atoms with Crippen molar-refractivity contribution in [3.63, 3.8) is 0 Å². The molecule has 4 rings (SSSR count). The summed E-state index contributed by atoms with van der Waals surface area (Å²) < 4.78 is 85.6. The Morgan fingerprint density at radius 1 is 0.944 bits per heavy atom. The fourth-order valence-electron chi connectivity index (χ4n) is 4.54. The summed E-state index contributed by atoms with van der Waals surface area (Å²) in [5.74, 6) is -0.473. The number of urea groups is 1. The van der Waals surface area contributed by atoms with E-state index in [4.69, 9.17) is 4.74 Å². The number of benzene rings is 2. The molecule has 0 saturated carbocycles. The van der Waals surface area contributed by atoms with Crippen LogP contribution in [0.2, 0.25) is 0 Å². The lowest BCUT2D eigenvalue weighted by atomic mass is 9.76. The summed E-state index contributed by atoms with van der Waals surface area (Å²) in [6.45, 7) is 1.32. The van der Waals surface area contributed by atoms with Crippen molar-refractivity contribution in [1.29, 1.82) is 0 Å². The molecule has 0 bridgehead atoms. The van der Waals surface area contributed by atoms with Crippen LogP contribution in [0.4, 0.5) is 31.1 Å². The second-order valence-corrected chi connectivity index (χ2v) is 9.08. The average Bonchev–Trinajstić information content (AvgIpc) is 3.10. The number of ether oxygens (including phenoxy) is 1. The Bertz CT molecular complexity index is 1110. The van der Waals surface area contributed by atoms with Gasteiger partial charge in [0.25, 0.3) is 5.91 Å². The molecular formula is C24H23F6N3O3. The highest BCUT2D eigenvalue weighted by Crippen LogP contribution is 2.40. The Hall–Kier alpha value is -3.12. The SMILES string of the molecule is CC(OC[C@@]1(c2ccccc2)CC[C@@]2(CN1)NC(=O)NC2=O)c1cc(C(F)(F)F)cc(C(F)(F)F)c1. The van der Waals surface area contributed by atoms with Crippen LogP contribution in [0.15, 0.2) is 48.5 Å². The lowest BCUT2D eigenvalue weighted by Gasteiger charge is -2.45. The highest BCUT2D eigenvalue weighted by Gasteiger charge is 2.52. The number of hydrogen-bond donors (Lipinski definition) is 3. The zero-order valence-electron chi connectivity index (χ0n) is 19.0. The number of carbonyl (C=O) groups excluding carboxylic acids is 2. The van der Waals surface area contributed by atoms with E-state index in [2.05, 4.69) is 16.0 Å². The maximum absolute atomic E-state index is 13.3. The molecule has 2 aromatic rings. The van der Waals surface area contributed by atoms with E-state index in [0.29, 0.717) is 18.6 Å². The molecule has 1 unspecified atom stereocenters. The minimum atomic E-state index is -4.97. The summed E-state index contributed by atoms with van der Waals surface area (Å²) in [5, 5.41) is 8.08. The average molecular weight is 515 g/mol. The van der Waals surface area contributed by atoms with Crippen LogP contribution in [0.3, 0.4) is 0 Å². The summed E-state index contributed by atoms with van der Waals surface area (Å²) in [6, 6.07) is 9.72. The third-order valence-electron chi connectivity index (χ3n) is 6.71. The first-order valence-corrected chi connectivity index (χ1v) is 11.1. The summed E-state index contributed by atoms with van der Waals surface area (Å²) in [6.07, 6.45) is -10.5. The molecule has 0 aliphatic carbocycles. The minimum Gasteiger partial charge on any atom is -0.372 e. The van der Waals surface area contributed by atoms with Gasteiger partial charge in [0.1, 0.15) is 5.54 Å². The van der Waals surface area contributed by atoms with E-state index in [9.17, 15) is 35.9 Å². The van der Waals surface area contributed by atoms with Crippen molar-refractivity contribution in [3.8, 4) is 0 Å². The maximum Gasteiger partial charge on any atom is 0.416 e. The largest absolute Gasteiger partial charge is 0.416 e. The van der Waals surface area contributed by atoms with E-state index >= 15 is 0 Å². The van der Waals surface area contributed by atoms with E-state index in [0.717, 1.165) is 5.56 Å². The molecule has 3 N–H and O–H groups in total. The first-order chi connectivity index (χ1) is 16.7. The van der Waals surface area contributed by atoms with Gasteiger partial charge in [0.2, 0.25) is 0 Å². The first-order valence-electron chi connectivity index (χ1n) is 11.1. The molecule has 0 radical (unpaired) electrons. The Kier molecular flexibility index (Phi) is 6.54. The lowest BCUT2D eigenvalue weighted by Crippen LogP contribution is -2.64. The van der Waals surface area contributed by atoms with Crippen LogP contribution in [0.5, 0.6) is 0 Å². The van der Waals surface area contributed by atoms with E-state index < -0.39 is 52.6 Å². The fourth-order valence-corrected chi connectivity index (χ4v) is 4.54. The van der Waals surface area contributed by atoms with Gasteiger partial charge in [-0.15, -0.1) is 0 Å². The second-order valence-electron chi connectivity index (χ2n) is 9.08. The number of halogens is 6. The molecule has 2 fully saturated rings. The van der Waals surface area contributed by atoms with Gasteiger partial charge >= 0.3 is 18.4 Å². The molecule has 1 spiro atoms. The number of hydrogen-bond acceptors (Lipinski definition) is 4. The fraction of sp³-hybridized carbons (Fsp3) is 0.417. The second kappa shape index (κ2) is 9.07. The number of piperidine rings is 1. The number of alkyl halides is 6. The van der Waals surface area contributed by atoms with Crippen LogP contribution in [-0.4, -0.2) is 30.6 Å². The number of imide groups is 1. The Morgan fingerprint density at radius 2 is 1.56 bits per heavy atom. The molecule has 2 aliphatic heterocycles. The number of rotatable bonds is 5. The number of carbonyl (C=O) groups is 2. The van der Waals surface area contributed by atoms with Crippen LogP contribution < -0.4 is 16.0 Å². The van der Waals surface area contributed by atoms with Gasteiger partial charge < -0.3 is 15.4 Å². The van der Waals surface area contributed by atoms with E-state index in [1.807, 2.05) is 0 Å². The van der Waals surface area contributed by atoms with Crippen molar-refractivity contribution in [2.75, 3.05) is 13.2 Å². The lowest BCUT2D eigenvalue weighted by molar-refractivity contribution is -0.143. The third-order valence-corrected chi connectivity index (χ3v) is 6.71. The summed E-state index contributed by atoms with van der Waals surface area (Å²) in [5.41, 5.74) is -4.39. The molecule has 6 nitrogen and oxygen atoms in total. The van der Waals surface area contributed by atoms with Gasteiger partial charge in [-0.2, -0.15) is 26.3 Å². The van der Waals surface area contributed by atoms with E-state index in [1.165, 1.54) is 6.92 Å². The molecule has 2 heterocycles. The molecule has 2 aliphatic rings. The van der Waals surface area contributed by atoms with Gasteiger partial charge in [-0.1, -0.05) is 30.3 Å². The van der Waals surface area contributed by atoms with Crippen LogP contribution in [0, 0.1) is 0 Å². The monoisotopic (exact) mass is 515 g/mol. The standard InChI is InChI=1S/C24H23F6N3O3/c1-14(15-9-17(23(25,26)27)11-18(10-15)24(28,29)30)36-13-22(16-5-3-2-4-6-16)8-7-21(12-31-22)19(34)32-20(35)33-21/h2-6,9-11,14,31H,7-8,12-13H2,1H3,(H2,32,33,34,35)/t14?,21-,22+/m0/s1. The number of nitrogens with one attached hydrogen (secondary N) is 3. The first kappa shape index (κ1) is 26.0. The summed E-state index contributed by atoms with van der Waals surface area (Å²) in [4.78, 5) is 24.0. The van der Waals surface area contributed by atoms with Crippen LogP contribution in [-0.2, 0) is 27.4 Å². The maximum atomic E-state index is 13.3. The van der Waals surface area contributed by atoms with Gasteiger partial charge in [-0.05, 0) is 49.1 Å². The zero-order valence-corrected chi connectivity index (χ0v) is 19.0. The Balaban J connectivity index is 1.59. The minimum absolute atomic E-state index is 0.0546.